The van der Waals surface area contributed by atoms with Crippen LogP contribution in [0.3, 0.4) is 0 Å². The summed E-state index contributed by atoms with van der Waals surface area (Å²) in [7, 11) is 1.24. The van der Waals surface area contributed by atoms with Gasteiger partial charge in [0.25, 0.3) is 5.91 Å². The van der Waals surface area contributed by atoms with E-state index in [4.69, 9.17) is 4.84 Å². The molecule has 15 heavy (non-hydrogen) atoms. The summed E-state index contributed by atoms with van der Waals surface area (Å²) in [6.07, 6.45) is 4.92. The van der Waals surface area contributed by atoms with E-state index in [2.05, 4.69) is 4.74 Å². The van der Waals surface area contributed by atoms with Crippen LogP contribution in [0.2, 0.25) is 0 Å². The van der Waals surface area contributed by atoms with E-state index >= 15 is 0 Å². The zero-order chi connectivity index (χ0) is 10.9. The van der Waals surface area contributed by atoms with Crippen molar-refractivity contribution in [3.63, 3.8) is 0 Å². The fourth-order valence-electron chi connectivity index (χ4n) is 2.45. The van der Waals surface area contributed by atoms with E-state index in [0.717, 1.165) is 25.7 Å². The van der Waals surface area contributed by atoms with Crippen LogP contribution in [0, 0.1) is 0 Å². The standard InChI is InChI=1S/C10H15NO4/c1-14-9(13)15-11-8(12)7-10(11)5-3-2-4-6-10/h2-7H2,1H3. The monoisotopic (exact) mass is 213 g/mol. The van der Waals surface area contributed by atoms with Crippen LogP contribution in [0.15, 0.2) is 0 Å². The number of hydrogen-bond donors (Lipinski definition) is 0. The Balaban J connectivity index is 2.01. The van der Waals surface area contributed by atoms with E-state index in [-0.39, 0.29) is 11.4 Å². The molecule has 0 aromatic carbocycles. The fraction of sp³-hybridized carbons (Fsp3) is 0.800. The Morgan fingerprint density at radius 2 is 2.00 bits per heavy atom. The summed E-state index contributed by atoms with van der Waals surface area (Å²) in [6.45, 7) is 0. The van der Waals surface area contributed by atoms with E-state index in [1.165, 1.54) is 18.6 Å². The zero-order valence-corrected chi connectivity index (χ0v) is 8.82. The van der Waals surface area contributed by atoms with Gasteiger partial charge >= 0.3 is 6.16 Å². The molecule has 0 radical (unpaired) electrons. The molecule has 1 aliphatic carbocycles. The van der Waals surface area contributed by atoms with Gasteiger partial charge in [0.2, 0.25) is 0 Å². The second-order valence-corrected chi connectivity index (χ2v) is 4.20. The number of hydrogen-bond acceptors (Lipinski definition) is 4. The van der Waals surface area contributed by atoms with Crippen molar-refractivity contribution in [3.8, 4) is 0 Å². The predicted octanol–water partition coefficient (Wildman–Crippen LogP) is 1.62. The number of nitrogens with zero attached hydrogens (tertiary/aromatic N) is 1. The van der Waals surface area contributed by atoms with Crippen molar-refractivity contribution in [3.05, 3.63) is 0 Å². The smallest absolute Gasteiger partial charge is 0.436 e. The molecule has 0 N–H and O–H groups in total. The summed E-state index contributed by atoms with van der Waals surface area (Å²) in [5, 5.41) is 1.22. The van der Waals surface area contributed by atoms with E-state index < -0.39 is 6.16 Å². The van der Waals surface area contributed by atoms with Crippen LogP contribution in [0.1, 0.15) is 38.5 Å². The first-order valence-electron chi connectivity index (χ1n) is 5.27. The van der Waals surface area contributed by atoms with Crippen LogP contribution >= 0.6 is 0 Å². The van der Waals surface area contributed by atoms with Crippen molar-refractivity contribution < 1.29 is 19.2 Å². The number of β-lactam (4-membered cyclic amide) rings is 1. The van der Waals surface area contributed by atoms with Crippen LogP contribution in [0.5, 0.6) is 0 Å². The predicted molar refractivity (Wildman–Crippen MR) is 50.8 cm³/mol. The van der Waals surface area contributed by atoms with E-state index in [1.807, 2.05) is 0 Å². The van der Waals surface area contributed by atoms with Gasteiger partial charge in [-0.1, -0.05) is 19.3 Å². The van der Waals surface area contributed by atoms with Gasteiger partial charge in [-0.25, -0.2) is 4.79 Å². The molecule has 1 spiro atoms. The molecule has 2 rings (SSSR count). The Morgan fingerprint density at radius 1 is 1.33 bits per heavy atom. The lowest BCUT2D eigenvalue weighted by Crippen LogP contribution is -2.64. The summed E-state index contributed by atoms with van der Waals surface area (Å²) in [4.78, 5) is 27.2. The Hall–Kier alpha value is -1.26. The van der Waals surface area contributed by atoms with Gasteiger partial charge in [0.1, 0.15) is 0 Å². The van der Waals surface area contributed by atoms with Gasteiger partial charge in [-0.15, -0.1) is 0 Å². The van der Waals surface area contributed by atoms with Crippen LogP contribution < -0.4 is 0 Å². The molecule has 1 heterocycles. The molecule has 0 atom stereocenters. The highest BCUT2D eigenvalue weighted by Gasteiger charge is 2.54. The molecule has 1 saturated carbocycles. The van der Waals surface area contributed by atoms with Gasteiger partial charge in [-0.2, -0.15) is 5.06 Å². The minimum Gasteiger partial charge on any atom is -0.436 e. The maximum absolute atomic E-state index is 11.3. The van der Waals surface area contributed by atoms with E-state index in [0.29, 0.717) is 6.42 Å². The number of methoxy groups -OCH3 is 1. The van der Waals surface area contributed by atoms with Crippen molar-refractivity contribution >= 4 is 12.1 Å². The van der Waals surface area contributed by atoms with Crippen LogP contribution in [0.4, 0.5) is 4.79 Å². The number of carbonyl (C=O) groups is 2. The lowest BCUT2D eigenvalue weighted by atomic mass is 9.74. The van der Waals surface area contributed by atoms with Crippen LogP contribution in [-0.4, -0.2) is 29.8 Å². The molecular formula is C10H15NO4. The quantitative estimate of drug-likeness (QED) is 0.490. The average molecular weight is 213 g/mol. The molecular weight excluding hydrogens is 198 g/mol. The van der Waals surface area contributed by atoms with Crippen molar-refractivity contribution in [1.29, 1.82) is 0 Å². The highest BCUT2D eigenvalue weighted by Crippen LogP contribution is 2.44. The van der Waals surface area contributed by atoms with Crippen molar-refractivity contribution in [2.24, 2.45) is 0 Å². The minimum atomic E-state index is -0.812. The van der Waals surface area contributed by atoms with Gasteiger partial charge in [0.05, 0.1) is 19.1 Å². The molecule has 1 saturated heterocycles. The SMILES string of the molecule is COC(=O)ON1C(=O)CC12CCCCC2. The van der Waals surface area contributed by atoms with Gasteiger partial charge < -0.3 is 9.57 Å². The molecule has 5 nitrogen and oxygen atoms in total. The summed E-state index contributed by atoms with van der Waals surface area (Å²) >= 11 is 0. The molecule has 5 heteroatoms. The van der Waals surface area contributed by atoms with Crippen molar-refractivity contribution in [2.75, 3.05) is 7.11 Å². The largest absolute Gasteiger partial charge is 0.533 e. The molecule has 0 bridgehead atoms. The third kappa shape index (κ3) is 1.66. The van der Waals surface area contributed by atoms with Crippen LogP contribution in [0.25, 0.3) is 0 Å². The second-order valence-electron chi connectivity index (χ2n) is 4.20. The second kappa shape index (κ2) is 3.72. The molecule has 2 aliphatic rings. The summed E-state index contributed by atoms with van der Waals surface area (Å²) in [5.74, 6) is -0.123. The lowest BCUT2D eigenvalue weighted by molar-refractivity contribution is -0.241. The molecule has 0 aromatic rings. The number of ether oxygens (including phenoxy) is 1. The number of rotatable bonds is 1. The van der Waals surface area contributed by atoms with Gasteiger partial charge in [-0.05, 0) is 12.8 Å². The first-order chi connectivity index (χ1) is 7.18. The molecule has 84 valence electrons. The van der Waals surface area contributed by atoms with E-state index in [9.17, 15) is 9.59 Å². The fourth-order valence-corrected chi connectivity index (χ4v) is 2.45. The third-order valence-electron chi connectivity index (χ3n) is 3.25. The minimum absolute atomic E-state index is 0.123. The number of amides is 1. The maximum atomic E-state index is 11.3. The summed E-state index contributed by atoms with van der Waals surface area (Å²) in [6, 6.07) is 0. The molecule has 0 aromatic heterocycles. The summed E-state index contributed by atoms with van der Waals surface area (Å²) in [5.41, 5.74) is -0.219. The lowest BCUT2D eigenvalue weighted by Gasteiger charge is -2.50. The first-order valence-corrected chi connectivity index (χ1v) is 5.27. The van der Waals surface area contributed by atoms with Crippen LogP contribution in [-0.2, 0) is 14.4 Å². The van der Waals surface area contributed by atoms with Gasteiger partial charge in [-0.3, -0.25) is 4.79 Å². The number of carbonyl (C=O) groups excluding carboxylic acids is 2. The van der Waals surface area contributed by atoms with E-state index in [1.54, 1.807) is 0 Å². The van der Waals surface area contributed by atoms with Gasteiger partial charge in [0, 0.05) is 0 Å². The van der Waals surface area contributed by atoms with Gasteiger partial charge in [0.15, 0.2) is 0 Å². The Labute approximate surface area is 88.3 Å². The first kappa shape index (κ1) is 10.3. The summed E-state index contributed by atoms with van der Waals surface area (Å²) < 4.78 is 4.38. The maximum Gasteiger partial charge on any atom is 0.533 e. The van der Waals surface area contributed by atoms with Crippen molar-refractivity contribution in [2.45, 2.75) is 44.1 Å². The third-order valence-corrected chi connectivity index (χ3v) is 3.25. The molecule has 2 fully saturated rings. The zero-order valence-electron chi connectivity index (χ0n) is 8.82. The molecule has 1 aliphatic heterocycles. The molecule has 0 unspecified atom stereocenters. The normalized spacial score (nSPS) is 23.5. The topological polar surface area (TPSA) is 55.8 Å². The Morgan fingerprint density at radius 3 is 2.53 bits per heavy atom. The Kier molecular flexibility index (Phi) is 2.54. The average Bonchev–Trinajstić information content (AvgIpc) is 2.27. The van der Waals surface area contributed by atoms with Crippen molar-refractivity contribution in [1.82, 2.24) is 5.06 Å². The highest BCUT2D eigenvalue weighted by atomic mass is 16.8. The highest BCUT2D eigenvalue weighted by molar-refractivity contribution is 5.85. The number of hydroxylamine groups is 2. The Bertz CT molecular complexity index is 283. The molecule has 1 amide bonds.